The van der Waals surface area contributed by atoms with Crippen molar-refractivity contribution in [3.8, 4) is 0 Å². The Morgan fingerprint density at radius 3 is 2.62 bits per heavy atom. The van der Waals surface area contributed by atoms with Gasteiger partial charge in [0.25, 0.3) is 0 Å². The Bertz CT molecular complexity index is 334. The summed E-state index contributed by atoms with van der Waals surface area (Å²) in [6, 6.07) is 1.89. The molecule has 0 aliphatic carbocycles. The van der Waals surface area contributed by atoms with E-state index >= 15 is 0 Å². The summed E-state index contributed by atoms with van der Waals surface area (Å²) >= 11 is 4.79. The van der Waals surface area contributed by atoms with Crippen LogP contribution in [0.15, 0.2) is 9.85 Å². The number of alkyl halides is 3. The Morgan fingerprint density at radius 1 is 1.56 bits per heavy atom. The molecule has 0 saturated carbocycles. The third-order valence-electron chi connectivity index (χ3n) is 1.92. The van der Waals surface area contributed by atoms with Gasteiger partial charge in [-0.15, -0.1) is 11.3 Å². The first kappa shape index (κ1) is 14.0. The van der Waals surface area contributed by atoms with Gasteiger partial charge in [-0.2, -0.15) is 13.2 Å². The van der Waals surface area contributed by atoms with Crippen LogP contribution in [0, 0.1) is 6.92 Å². The molecule has 0 fully saturated rings. The van der Waals surface area contributed by atoms with E-state index in [0.29, 0.717) is 6.54 Å². The van der Waals surface area contributed by atoms with Crippen molar-refractivity contribution in [1.82, 2.24) is 5.32 Å². The minimum absolute atomic E-state index is 0.324. The zero-order chi connectivity index (χ0) is 12.3. The second-order valence-electron chi connectivity index (χ2n) is 3.36. The fourth-order valence-electron chi connectivity index (χ4n) is 1.06. The average molecular weight is 318 g/mol. The maximum atomic E-state index is 11.9. The first-order valence-corrected chi connectivity index (χ1v) is 6.12. The van der Waals surface area contributed by atoms with Gasteiger partial charge in [0.05, 0.1) is 3.79 Å². The van der Waals surface area contributed by atoms with Crippen LogP contribution >= 0.6 is 27.3 Å². The molecule has 7 heteroatoms. The lowest BCUT2D eigenvalue weighted by Gasteiger charge is -2.14. The molecule has 0 aliphatic rings. The molecule has 1 aromatic rings. The van der Waals surface area contributed by atoms with E-state index in [1.807, 2.05) is 13.0 Å². The van der Waals surface area contributed by atoms with Gasteiger partial charge in [0, 0.05) is 18.0 Å². The predicted octanol–water partition coefficient (Wildman–Crippen LogP) is 2.83. The smallest absolute Gasteiger partial charge is 0.382 e. The van der Waals surface area contributed by atoms with Crippen LogP contribution in [0.4, 0.5) is 13.2 Å². The van der Waals surface area contributed by atoms with Crippen LogP contribution in [-0.2, 0) is 6.54 Å². The maximum Gasteiger partial charge on any atom is 0.415 e. The van der Waals surface area contributed by atoms with E-state index in [9.17, 15) is 13.2 Å². The minimum Gasteiger partial charge on any atom is -0.382 e. The lowest BCUT2D eigenvalue weighted by atomic mass is 10.3. The summed E-state index contributed by atoms with van der Waals surface area (Å²) in [4.78, 5) is 0.929. The summed E-state index contributed by atoms with van der Waals surface area (Å²) in [5.41, 5.74) is 1.05. The Kier molecular flexibility index (Phi) is 4.78. The predicted molar refractivity (Wildman–Crippen MR) is 60.5 cm³/mol. The van der Waals surface area contributed by atoms with Crippen molar-refractivity contribution in [2.45, 2.75) is 25.7 Å². The number of aliphatic hydroxyl groups is 1. The molecule has 2 nitrogen and oxygen atoms in total. The summed E-state index contributed by atoms with van der Waals surface area (Å²) in [5, 5.41) is 11.3. The third kappa shape index (κ3) is 4.04. The number of aliphatic hydroxyl groups excluding tert-OH is 1. The third-order valence-corrected chi connectivity index (χ3v) is 4.06. The van der Waals surface area contributed by atoms with Crippen LogP contribution in [0.5, 0.6) is 0 Å². The van der Waals surface area contributed by atoms with Gasteiger partial charge in [0.15, 0.2) is 6.10 Å². The van der Waals surface area contributed by atoms with E-state index in [1.165, 1.54) is 11.3 Å². The van der Waals surface area contributed by atoms with E-state index in [4.69, 9.17) is 5.11 Å². The summed E-state index contributed by atoms with van der Waals surface area (Å²) in [6.07, 6.45) is -6.86. The molecule has 16 heavy (non-hydrogen) atoms. The molecule has 1 unspecified atom stereocenters. The van der Waals surface area contributed by atoms with Crippen molar-refractivity contribution in [3.63, 3.8) is 0 Å². The topological polar surface area (TPSA) is 32.3 Å². The zero-order valence-corrected chi connectivity index (χ0v) is 10.8. The van der Waals surface area contributed by atoms with Crippen molar-refractivity contribution < 1.29 is 18.3 Å². The first-order chi connectivity index (χ1) is 7.30. The Morgan fingerprint density at radius 2 is 2.19 bits per heavy atom. The number of halogens is 4. The second-order valence-corrected chi connectivity index (χ2v) is 5.81. The molecule has 0 bridgehead atoms. The van der Waals surface area contributed by atoms with Gasteiger partial charge in [-0.3, -0.25) is 0 Å². The summed E-state index contributed by atoms with van der Waals surface area (Å²) < 4.78 is 36.8. The highest BCUT2D eigenvalue weighted by Crippen LogP contribution is 2.27. The maximum absolute atomic E-state index is 11.9. The highest BCUT2D eigenvalue weighted by molar-refractivity contribution is 9.11. The van der Waals surface area contributed by atoms with Crippen molar-refractivity contribution in [2.24, 2.45) is 0 Å². The number of aryl methyl sites for hydroxylation is 1. The fourth-order valence-corrected chi connectivity index (χ4v) is 2.66. The van der Waals surface area contributed by atoms with Gasteiger partial charge in [-0.05, 0) is 34.5 Å². The van der Waals surface area contributed by atoms with Crippen LogP contribution in [0.1, 0.15) is 10.4 Å². The number of hydrogen-bond acceptors (Lipinski definition) is 3. The normalized spacial score (nSPS) is 14.1. The molecule has 0 saturated heterocycles. The molecule has 0 radical (unpaired) electrons. The molecule has 0 aromatic carbocycles. The molecule has 1 rings (SSSR count). The number of nitrogens with one attached hydrogen (secondary N) is 1. The molecular formula is C9H11BrF3NOS. The molecule has 92 valence electrons. The second kappa shape index (κ2) is 5.48. The monoisotopic (exact) mass is 317 g/mol. The van der Waals surface area contributed by atoms with E-state index in [-0.39, 0.29) is 0 Å². The van der Waals surface area contributed by atoms with Crippen LogP contribution < -0.4 is 5.32 Å². The van der Waals surface area contributed by atoms with Crippen molar-refractivity contribution >= 4 is 27.3 Å². The lowest BCUT2D eigenvalue weighted by Crippen LogP contribution is -2.38. The molecule has 1 atom stereocenters. The largest absolute Gasteiger partial charge is 0.415 e. The first-order valence-electron chi connectivity index (χ1n) is 4.51. The Hall–Kier alpha value is -0.110. The Balaban J connectivity index is 2.36. The van der Waals surface area contributed by atoms with Gasteiger partial charge in [0.2, 0.25) is 0 Å². The fraction of sp³-hybridized carbons (Fsp3) is 0.556. The highest BCUT2D eigenvalue weighted by Gasteiger charge is 2.37. The number of rotatable bonds is 4. The number of thiophene rings is 1. The van der Waals surface area contributed by atoms with E-state index in [1.54, 1.807) is 0 Å². The number of hydrogen-bond donors (Lipinski definition) is 2. The van der Waals surface area contributed by atoms with E-state index < -0.39 is 18.8 Å². The molecule has 1 heterocycles. The molecule has 2 N–H and O–H groups in total. The summed E-state index contributed by atoms with van der Waals surface area (Å²) in [7, 11) is 0. The SMILES string of the molecule is Cc1cc(CNCC(O)C(F)(F)F)sc1Br. The van der Waals surface area contributed by atoms with Crippen molar-refractivity contribution in [2.75, 3.05) is 6.54 Å². The quantitative estimate of drug-likeness (QED) is 0.895. The summed E-state index contributed by atoms with van der Waals surface area (Å²) in [6.45, 7) is 1.75. The average Bonchev–Trinajstić information content (AvgIpc) is 2.44. The molecular weight excluding hydrogens is 307 g/mol. The molecule has 0 amide bonds. The van der Waals surface area contributed by atoms with Crippen molar-refractivity contribution in [3.05, 3.63) is 20.3 Å². The highest BCUT2D eigenvalue weighted by atomic mass is 79.9. The van der Waals surface area contributed by atoms with Gasteiger partial charge < -0.3 is 10.4 Å². The zero-order valence-electron chi connectivity index (χ0n) is 8.44. The van der Waals surface area contributed by atoms with Crippen LogP contribution in [0.3, 0.4) is 0 Å². The molecule has 0 spiro atoms. The van der Waals surface area contributed by atoms with Crippen LogP contribution in [0.25, 0.3) is 0 Å². The van der Waals surface area contributed by atoms with Crippen LogP contribution in [-0.4, -0.2) is 23.9 Å². The van der Waals surface area contributed by atoms with Gasteiger partial charge in [-0.1, -0.05) is 0 Å². The standard InChI is InChI=1S/C9H11BrF3NOS/c1-5-2-6(16-8(5)10)3-14-4-7(15)9(11,12)13/h2,7,14-15H,3-4H2,1H3. The van der Waals surface area contributed by atoms with E-state index in [0.717, 1.165) is 14.2 Å². The van der Waals surface area contributed by atoms with Gasteiger partial charge in [-0.25, -0.2) is 0 Å². The van der Waals surface area contributed by atoms with Gasteiger partial charge >= 0.3 is 6.18 Å². The minimum atomic E-state index is -4.56. The molecule has 1 aromatic heterocycles. The Labute approximate surface area is 104 Å². The lowest BCUT2D eigenvalue weighted by molar-refractivity contribution is -0.201. The summed E-state index contributed by atoms with van der Waals surface area (Å²) in [5.74, 6) is 0. The van der Waals surface area contributed by atoms with Gasteiger partial charge in [0.1, 0.15) is 0 Å². The molecule has 0 aliphatic heterocycles. The van der Waals surface area contributed by atoms with Crippen LogP contribution in [0.2, 0.25) is 0 Å². The van der Waals surface area contributed by atoms with E-state index in [2.05, 4.69) is 21.2 Å². The van der Waals surface area contributed by atoms with Crippen molar-refractivity contribution in [1.29, 1.82) is 0 Å².